The number of aromatic nitrogens is 2. The van der Waals surface area contributed by atoms with Crippen LogP contribution in [0.25, 0.3) is 28.2 Å². The van der Waals surface area contributed by atoms with Crippen LogP contribution in [0.5, 0.6) is 0 Å². The zero-order chi connectivity index (χ0) is 17.1. The highest BCUT2D eigenvalue weighted by Gasteiger charge is 2.10. The van der Waals surface area contributed by atoms with Gasteiger partial charge in [0, 0.05) is 22.6 Å². The highest BCUT2D eigenvalue weighted by molar-refractivity contribution is 5.97. The number of para-hydroxylation sites is 1. The number of amides is 1. The van der Waals surface area contributed by atoms with E-state index in [2.05, 4.69) is 15.5 Å². The Hall–Kier alpha value is -3.15. The molecule has 0 bridgehead atoms. The van der Waals surface area contributed by atoms with Crippen LogP contribution in [0.1, 0.15) is 12.5 Å². The third kappa shape index (κ3) is 3.27. The highest BCUT2D eigenvalue weighted by Crippen LogP contribution is 2.28. The Kier molecular flexibility index (Phi) is 4.29. The van der Waals surface area contributed by atoms with E-state index in [0.717, 1.165) is 27.7 Å². The number of carbonyl (C=O) groups is 1. The van der Waals surface area contributed by atoms with E-state index in [1.165, 1.54) is 12.1 Å². The molecule has 5 nitrogen and oxygen atoms in total. The molecule has 1 heterocycles. The molecule has 1 aromatic heterocycles. The molecule has 1 unspecified atom stereocenters. The number of hydrogen-bond acceptors (Lipinski definition) is 2. The fourth-order valence-electron chi connectivity index (χ4n) is 2.52. The average Bonchev–Trinajstić information content (AvgIpc) is 2.97. The summed E-state index contributed by atoms with van der Waals surface area (Å²) >= 11 is 0. The van der Waals surface area contributed by atoms with Crippen molar-refractivity contribution in [3.05, 3.63) is 59.9 Å². The summed E-state index contributed by atoms with van der Waals surface area (Å²) in [6.07, 6.45) is 2.52. The Labute approximate surface area is 137 Å². The first-order valence-electron chi connectivity index (χ1n) is 7.45. The molecule has 0 aliphatic heterocycles. The summed E-state index contributed by atoms with van der Waals surface area (Å²) in [6, 6.07) is 11.6. The predicted molar refractivity (Wildman–Crippen MR) is 91.1 cm³/mol. The Bertz CT molecular complexity index is 900. The number of fused-ring (bicyclic) bond motifs is 1. The lowest BCUT2D eigenvalue weighted by molar-refractivity contribution is 0.193. The molecule has 1 atom stereocenters. The number of carboxylic acid groups (broad SMARTS) is 1. The molecule has 0 saturated carbocycles. The topological polar surface area (TPSA) is 78.0 Å². The van der Waals surface area contributed by atoms with Gasteiger partial charge < -0.3 is 10.4 Å². The van der Waals surface area contributed by atoms with Crippen LogP contribution < -0.4 is 5.32 Å². The van der Waals surface area contributed by atoms with Crippen molar-refractivity contribution in [2.75, 3.05) is 0 Å². The normalized spacial score (nSPS) is 12.6. The predicted octanol–water partition coefficient (Wildman–Crippen LogP) is 4.04. The minimum atomic E-state index is -1.07. The second-order valence-corrected chi connectivity index (χ2v) is 5.45. The third-order valence-corrected chi connectivity index (χ3v) is 3.66. The van der Waals surface area contributed by atoms with E-state index in [9.17, 15) is 9.18 Å². The highest BCUT2D eigenvalue weighted by atomic mass is 19.1. The van der Waals surface area contributed by atoms with Crippen LogP contribution >= 0.6 is 0 Å². The molecule has 0 aliphatic rings. The van der Waals surface area contributed by atoms with Crippen molar-refractivity contribution >= 4 is 23.1 Å². The van der Waals surface area contributed by atoms with Gasteiger partial charge in [0.2, 0.25) is 0 Å². The van der Waals surface area contributed by atoms with Crippen molar-refractivity contribution in [3.63, 3.8) is 0 Å². The number of rotatable bonds is 4. The van der Waals surface area contributed by atoms with Gasteiger partial charge >= 0.3 is 6.09 Å². The van der Waals surface area contributed by atoms with Gasteiger partial charge in [0.25, 0.3) is 0 Å². The lowest BCUT2D eigenvalue weighted by Crippen LogP contribution is -2.29. The Balaban J connectivity index is 1.96. The van der Waals surface area contributed by atoms with Crippen LogP contribution in [-0.2, 0) is 0 Å². The van der Waals surface area contributed by atoms with Crippen molar-refractivity contribution in [1.82, 2.24) is 15.5 Å². The first-order chi connectivity index (χ1) is 11.5. The molecule has 2 aromatic carbocycles. The maximum absolute atomic E-state index is 13.1. The Morgan fingerprint density at radius 1 is 1.29 bits per heavy atom. The molecule has 3 aromatic rings. The summed E-state index contributed by atoms with van der Waals surface area (Å²) in [7, 11) is 0. The maximum Gasteiger partial charge on any atom is 0.405 e. The number of nitrogens with one attached hydrogen (secondary N) is 2. The number of hydrogen-bond donors (Lipinski definition) is 3. The Morgan fingerprint density at radius 2 is 2.04 bits per heavy atom. The van der Waals surface area contributed by atoms with Gasteiger partial charge in [-0.15, -0.1) is 0 Å². The standard InChI is InChI=1S/C18H16FN3O2/c1-11(20-18(23)24)5-6-12-3-2-4-15-16(12)21-22-17(15)13-7-9-14(19)10-8-13/h2-11,20H,1H3,(H,21,22)(H,23,24). The van der Waals surface area contributed by atoms with Crippen molar-refractivity contribution in [2.45, 2.75) is 13.0 Å². The lowest BCUT2D eigenvalue weighted by Gasteiger charge is -2.05. The summed E-state index contributed by atoms with van der Waals surface area (Å²) in [4.78, 5) is 10.6. The molecule has 6 heteroatoms. The van der Waals surface area contributed by atoms with Crippen LogP contribution in [0.4, 0.5) is 9.18 Å². The van der Waals surface area contributed by atoms with E-state index in [4.69, 9.17) is 5.11 Å². The van der Waals surface area contributed by atoms with Gasteiger partial charge in [-0.1, -0.05) is 30.4 Å². The number of H-pyrrole nitrogens is 1. The Morgan fingerprint density at radius 3 is 2.75 bits per heavy atom. The van der Waals surface area contributed by atoms with Crippen LogP contribution in [0, 0.1) is 5.82 Å². The lowest BCUT2D eigenvalue weighted by atomic mass is 10.0. The van der Waals surface area contributed by atoms with Crippen LogP contribution in [0.3, 0.4) is 0 Å². The number of nitrogens with zero attached hydrogens (tertiary/aromatic N) is 1. The SMILES string of the molecule is CC(C=Cc1cccc2c(-c3ccc(F)cc3)[nH]nc12)NC(=O)O. The first kappa shape index (κ1) is 15.7. The van der Waals surface area contributed by atoms with Crippen molar-refractivity contribution in [3.8, 4) is 11.3 Å². The fraction of sp³-hybridized carbons (Fsp3) is 0.111. The molecule has 0 fully saturated rings. The second kappa shape index (κ2) is 6.54. The molecule has 0 aliphatic carbocycles. The summed E-state index contributed by atoms with van der Waals surface area (Å²) in [6.45, 7) is 1.75. The van der Waals surface area contributed by atoms with E-state index in [-0.39, 0.29) is 11.9 Å². The van der Waals surface area contributed by atoms with Crippen LogP contribution in [-0.4, -0.2) is 27.4 Å². The molecule has 122 valence electrons. The largest absolute Gasteiger partial charge is 0.465 e. The molecule has 0 spiro atoms. The summed E-state index contributed by atoms with van der Waals surface area (Å²) < 4.78 is 13.1. The smallest absolute Gasteiger partial charge is 0.405 e. The van der Waals surface area contributed by atoms with Crippen molar-refractivity contribution < 1.29 is 14.3 Å². The number of benzene rings is 2. The van der Waals surface area contributed by atoms with Gasteiger partial charge in [0.15, 0.2) is 0 Å². The van der Waals surface area contributed by atoms with Crippen molar-refractivity contribution in [2.24, 2.45) is 0 Å². The molecular formula is C18H16FN3O2. The monoisotopic (exact) mass is 325 g/mol. The summed E-state index contributed by atoms with van der Waals surface area (Å²) in [5, 5.41) is 19.3. The van der Waals surface area contributed by atoms with E-state index < -0.39 is 6.09 Å². The van der Waals surface area contributed by atoms with E-state index in [0.29, 0.717) is 0 Å². The van der Waals surface area contributed by atoms with Crippen LogP contribution in [0.15, 0.2) is 48.5 Å². The molecule has 3 rings (SSSR count). The molecule has 1 amide bonds. The molecule has 0 saturated heterocycles. The van der Waals surface area contributed by atoms with E-state index >= 15 is 0 Å². The van der Waals surface area contributed by atoms with Gasteiger partial charge in [-0.2, -0.15) is 5.10 Å². The molecule has 3 N–H and O–H groups in total. The summed E-state index contributed by atoms with van der Waals surface area (Å²) in [5.74, 6) is -0.286. The number of halogens is 1. The van der Waals surface area contributed by atoms with Crippen molar-refractivity contribution in [1.29, 1.82) is 0 Å². The minimum absolute atomic E-state index is 0.286. The molecule has 24 heavy (non-hydrogen) atoms. The van der Waals surface area contributed by atoms with Gasteiger partial charge in [-0.05, 0) is 31.2 Å². The van der Waals surface area contributed by atoms with E-state index in [1.54, 1.807) is 25.1 Å². The quantitative estimate of drug-likeness (QED) is 0.677. The first-order valence-corrected chi connectivity index (χ1v) is 7.45. The van der Waals surface area contributed by atoms with Crippen LogP contribution in [0.2, 0.25) is 0 Å². The summed E-state index contributed by atoms with van der Waals surface area (Å²) in [5.41, 5.74) is 3.31. The van der Waals surface area contributed by atoms with Gasteiger partial charge in [0.1, 0.15) is 5.82 Å². The second-order valence-electron chi connectivity index (χ2n) is 5.45. The van der Waals surface area contributed by atoms with E-state index in [1.807, 2.05) is 24.3 Å². The van der Waals surface area contributed by atoms with Gasteiger partial charge in [0.05, 0.1) is 11.2 Å². The fourth-order valence-corrected chi connectivity index (χ4v) is 2.52. The zero-order valence-electron chi connectivity index (χ0n) is 13.0. The molecular weight excluding hydrogens is 309 g/mol. The number of aromatic amines is 1. The third-order valence-electron chi connectivity index (χ3n) is 3.66. The maximum atomic E-state index is 13.1. The van der Waals surface area contributed by atoms with Gasteiger partial charge in [-0.25, -0.2) is 9.18 Å². The average molecular weight is 325 g/mol. The minimum Gasteiger partial charge on any atom is -0.465 e. The van der Waals surface area contributed by atoms with Gasteiger partial charge in [-0.3, -0.25) is 5.10 Å². The zero-order valence-corrected chi connectivity index (χ0v) is 13.0. The molecule has 0 radical (unpaired) electrons.